The molecule has 1 aromatic carbocycles. The Bertz CT molecular complexity index is 604. The summed E-state index contributed by atoms with van der Waals surface area (Å²) in [5, 5.41) is 10.3. The molecule has 11 heteroatoms. The first-order valence-corrected chi connectivity index (χ1v) is 6.38. The van der Waals surface area contributed by atoms with Crippen LogP contribution in [0.15, 0.2) is 18.2 Å². The van der Waals surface area contributed by atoms with Crippen molar-refractivity contribution in [2.24, 2.45) is 0 Å². The number of benzene rings is 1. The molecule has 0 fully saturated rings. The Hall–Kier alpha value is -1.94. The van der Waals surface area contributed by atoms with E-state index in [4.69, 9.17) is 0 Å². The number of carbonyl (C=O) groups excluding carboxylic acids is 1. The average molecular weight is 299 g/mol. The van der Waals surface area contributed by atoms with E-state index in [9.17, 15) is 27.7 Å². The molecule has 0 aromatic heterocycles. The molecule has 0 unspecified atom stereocenters. The molecule has 1 aromatic rings. The molecule has 0 heterocycles. The molecule has 0 saturated heterocycles. The van der Waals surface area contributed by atoms with Crippen molar-refractivity contribution in [3.05, 3.63) is 34.1 Å². The highest BCUT2D eigenvalue weighted by Crippen LogP contribution is 2.22. The lowest BCUT2D eigenvalue weighted by atomic mass is 10.3. The van der Waals surface area contributed by atoms with Gasteiger partial charge in [0.05, 0.1) is 11.0 Å². The summed E-state index contributed by atoms with van der Waals surface area (Å²) in [7, 11) is 0.317. The molecule has 1 amide bonds. The van der Waals surface area contributed by atoms with Gasteiger partial charge in [-0.1, -0.05) is 0 Å². The van der Waals surface area contributed by atoms with Gasteiger partial charge >= 0.3 is 15.3 Å². The summed E-state index contributed by atoms with van der Waals surface area (Å²) in [6.07, 6.45) is -1.54. The third-order valence-corrected chi connectivity index (χ3v) is 2.18. The summed E-state index contributed by atoms with van der Waals surface area (Å²) in [6.45, 7) is 0. The van der Waals surface area contributed by atoms with Crippen molar-refractivity contribution in [3.63, 3.8) is 0 Å². The van der Waals surface area contributed by atoms with E-state index < -0.39 is 37.5 Å². The summed E-state index contributed by atoms with van der Waals surface area (Å²) >= 11 is 0. The van der Waals surface area contributed by atoms with E-state index in [1.807, 2.05) is 0 Å². The molecular formula is C7H4ClFN2O6S. The lowest BCUT2D eigenvalue weighted by molar-refractivity contribution is -0.385. The summed E-state index contributed by atoms with van der Waals surface area (Å²) in [5.74, 6) is -1.88. The summed E-state index contributed by atoms with van der Waals surface area (Å²) in [6, 6.07) is 2.19. The highest BCUT2D eigenvalue weighted by Gasteiger charge is 2.17. The fourth-order valence-corrected chi connectivity index (χ4v) is 1.34. The van der Waals surface area contributed by atoms with Gasteiger partial charge in [0.25, 0.3) is 5.69 Å². The molecule has 0 spiro atoms. The molecule has 98 valence electrons. The van der Waals surface area contributed by atoms with Crippen molar-refractivity contribution in [1.82, 2.24) is 4.72 Å². The number of amides is 1. The van der Waals surface area contributed by atoms with E-state index in [-0.39, 0.29) is 0 Å². The fourth-order valence-electron chi connectivity index (χ4n) is 0.906. The Morgan fingerprint density at radius 1 is 1.50 bits per heavy atom. The molecule has 0 radical (unpaired) electrons. The first kappa shape index (κ1) is 14.1. The highest BCUT2D eigenvalue weighted by molar-refractivity contribution is 8.12. The lowest BCUT2D eigenvalue weighted by Gasteiger charge is -2.04. The number of carbonyl (C=O) groups is 1. The average Bonchev–Trinajstić information content (AvgIpc) is 2.17. The number of nitro groups is 1. The monoisotopic (exact) mass is 298 g/mol. The van der Waals surface area contributed by atoms with Gasteiger partial charge < -0.3 is 4.74 Å². The molecular weight excluding hydrogens is 295 g/mol. The maximum Gasteiger partial charge on any atom is 0.427 e. The zero-order valence-corrected chi connectivity index (χ0v) is 9.87. The van der Waals surface area contributed by atoms with E-state index in [2.05, 4.69) is 15.4 Å². The Morgan fingerprint density at radius 2 is 2.11 bits per heavy atom. The van der Waals surface area contributed by atoms with Crippen LogP contribution in [0.4, 0.5) is 14.9 Å². The minimum absolute atomic E-state index is 0.512. The molecule has 1 N–H and O–H groups in total. The second-order valence-electron chi connectivity index (χ2n) is 2.80. The Kier molecular flexibility index (Phi) is 4.03. The molecule has 0 aliphatic heterocycles. The summed E-state index contributed by atoms with van der Waals surface area (Å²) in [4.78, 5) is 20.3. The molecule has 0 aliphatic carbocycles. The van der Waals surface area contributed by atoms with Crippen molar-refractivity contribution in [3.8, 4) is 5.75 Å². The fraction of sp³-hybridized carbons (Fsp3) is 0. The van der Waals surface area contributed by atoms with Crippen LogP contribution >= 0.6 is 10.7 Å². The smallest absolute Gasteiger partial charge is 0.406 e. The van der Waals surface area contributed by atoms with Crippen LogP contribution in [0.5, 0.6) is 5.75 Å². The van der Waals surface area contributed by atoms with Crippen molar-refractivity contribution in [1.29, 1.82) is 0 Å². The van der Waals surface area contributed by atoms with E-state index >= 15 is 0 Å². The second-order valence-corrected chi connectivity index (χ2v) is 5.10. The largest absolute Gasteiger partial charge is 0.427 e. The SMILES string of the molecule is O=C(NS(=O)(=O)Cl)Oc1ccc([N+](=O)[O-])cc1F. The Balaban J connectivity index is 2.86. The maximum atomic E-state index is 13.2. The third-order valence-electron chi connectivity index (χ3n) is 1.53. The predicted molar refractivity (Wildman–Crippen MR) is 57.0 cm³/mol. The first-order chi connectivity index (χ1) is 8.19. The van der Waals surface area contributed by atoms with Crippen LogP contribution in [0, 0.1) is 15.9 Å². The normalized spacial score (nSPS) is 10.8. The zero-order chi connectivity index (χ0) is 13.9. The van der Waals surface area contributed by atoms with Crippen molar-refractivity contribution >= 4 is 31.7 Å². The van der Waals surface area contributed by atoms with Crippen molar-refractivity contribution in [2.75, 3.05) is 0 Å². The summed E-state index contributed by atoms with van der Waals surface area (Å²) < 4.78 is 39.5. The van der Waals surface area contributed by atoms with Crippen LogP contribution in [0.1, 0.15) is 0 Å². The molecule has 1 rings (SSSR count). The van der Waals surface area contributed by atoms with Gasteiger partial charge in [0.2, 0.25) is 0 Å². The van der Waals surface area contributed by atoms with Crippen LogP contribution in [-0.2, 0) is 9.24 Å². The molecule has 0 bridgehead atoms. The zero-order valence-electron chi connectivity index (χ0n) is 8.29. The van der Waals surface area contributed by atoms with Crippen LogP contribution in [0.2, 0.25) is 0 Å². The van der Waals surface area contributed by atoms with Crippen LogP contribution in [-0.4, -0.2) is 19.4 Å². The van der Waals surface area contributed by atoms with E-state index in [1.54, 1.807) is 0 Å². The number of ether oxygens (including phenoxy) is 1. The van der Waals surface area contributed by atoms with Crippen molar-refractivity contribution < 1.29 is 27.3 Å². The molecule has 0 saturated carbocycles. The number of nitrogens with one attached hydrogen (secondary N) is 1. The molecule has 0 aliphatic rings. The van der Waals surface area contributed by atoms with Gasteiger partial charge in [0.15, 0.2) is 11.6 Å². The standard InChI is InChI=1S/C7H4ClFN2O6S/c8-18(15,16)10-7(12)17-6-2-1-4(11(13)14)3-5(6)9/h1-3H,(H,10,12). The second kappa shape index (κ2) is 5.14. The highest BCUT2D eigenvalue weighted by atomic mass is 35.7. The van der Waals surface area contributed by atoms with Gasteiger partial charge in [-0.2, -0.15) is 8.42 Å². The molecule has 0 atom stereocenters. The van der Waals surface area contributed by atoms with Crippen LogP contribution in [0.25, 0.3) is 0 Å². The van der Waals surface area contributed by atoms with E-state index in [0.717, 1.165) is 12.1 Å². The number of halogens is 2. The number of non-ortho nitro benzene ring substituents is 1. The number of nitro benzene ring substituents is 1. The Morgan fingerprint density at radius 3 is 2.56 bits per heavy atom. The van der Waals surface area contributed by atoms with E-state index in [1.165, 1.54) is 4.72 Å². The van der Waals surface area contributed by atoms with Gasteiger partial charge in [-0.3, -0.25) is 10.1 Å². The molecule has 18 heavy (non-hydrogen) atoms. The number of hydrogen-bond acceptors (Lipinski definition) is 6. The predicted octanol–water partition coefficient (Wildman–Crippen LogP) is 1.31. The first-order valence-electron chi connectivity index (χ1n) is 4.07. The topological polar surface area (TPSA) is 116 Å². The quantitative estimate of drug-likeness (QED) is 0.511. The third kappa shape index (κ3) is 4.14. The minimum Gasteiger partial charge on any atom is -0.406 e. The van der Waals surface area contributed by atoms with Gasteiger partial charge in [-0.25, -0.2) is 13.9 Å². The minimum atomic E-state index is -4.36. The van der Waals surface area contributed by atoms with Gasteiger partial charge in [0, 0.05) is 16.7 Å². The van der Waals surface area contributed by atoms with E-state index in [0.29, 0.717) is 6.07 Å². The number of hydrogen-bond donors (Lipinski definition) is 1. The molecule has 8 nitrogen and oxygen atoms in total. The lowest BCUT2D eigenvalue weighted by Crippen LogP contribution is -2.29. The summed E-state index contributed by atoms with van der Waals surface area (Å²) in [5.41, 5.74) is -0.551. The van der Waals surface area contributed by atoms with Gasteiger partial charge in [-0.15, -0.1) is 0 Å². The van der Waals surface area contributed by atoms with Gasteiger partial charge in [-0.05, 0) is 6.07 Å². The Labute approximate surface area is 104 Å². The number of rotatable bonds is 3. The van der Waals surface area contributed by atoms with Gasteiger partial charge in [0.1, 0.15) is 0 Å². The van der Waals surface area contributed by atoms with Crippen molar-refractivity contribution in [2.45, 2.75) is 0 Å². The van der Waals surface area contributed by atoms with Crippen LogP contribution < -0.4 is 9.46 Å². The maximum absolute atomic E-state index is 13.2. The number of nitrogens with zero attached hydrogens (tertiary/aromatic N) is 1. The van der Waals surface area contributed by atoms with Crippen LogP contribution in [0.3, 0.4) is 0 Å².